The van der Waals surface area contributed by atoms with E-state index in [4.69, 9.17) is 4.74 Å². The number of hydrogen-bond donors (Lipinski definition) is 0. The summed E-state index contributed by atoms with van der Waals surface area (Å²) in [6.45, 7) is 2.29. The predicted molar refractivity (Wildman–Crippen MR) is 83.1 cm³/mol. The van der Waals surface area contributed by atoms with Crippen molar-refractivity contribution < 1.29 is 14.5 Å². The van der Waals surface area contributed by atoms with Crippen LogP contribution in [-0.4, -0.2) is 10.7 Å². The summed E-state index contributed by atoms with van der Waals surface area (Å²) in [6.07, 6.45) is 1.38. The van der Waals surface area contributed by atoms with Gasteiger partial charge in [0.25, 0.3) is 5.69 Å². The second-order valence-corrected chi connectivity index (χ2v) is 4.91. The Bertz CT molecular complexity index is 647. The van der Waals surface area contributed by atoms with Gasteiger partial charge >= 0.3 is 0 Å². The van der Waals surface area contributed by atoms with Crippen molar-refractivity contribution in [3.8, 4) is 5.75 Å². The Balaban J connectivity index is 1.94. The van der Waals surface area contributed by atoms with E-state index in [-0.39, 0.29) is 11.5 Å². The van der Waals surface area contributed by atoms with E-state index in [0.717, 1.165) is 12.0 Å². The number of nitro groups is 1. The number of ether oxygens (including phenoxy) is 1. The molecule has 0 heterocycles. The monoisotopic (exact) mass is 299 g/mol. The number of ketones is 1. The largest absolute Gasteiger partial charge is 0.489 e. The van der Waals surface area contributed by atoms with Gasteiger partial charge in [-0.1, -0.05) is 6.92 Å². The van der Waals surface area contributed by atoms with Gasteiger partial charge in [-0.3, -0.25) is 14.9 Å². The Morgan fingerprint density at radius 3 is 2.27 bits per heavy atom. The molecule has 114 valence electrons. The minimum atomic E-state index is -0.434. The molecule has 0 aliphatic heterocycles. The van der Waals surface area contributed by atoms with Gasteiger partial charge in [0.05, 0.1) is 4.92 Å². The zero-order valence-electron chi connectivity index (χ0n) is 12.3. The van der Waals surface area contributed by atoms with E-state index in [1.165, 1.54) is 12.1 Å². The van der Waals surface area contributed by atoms with E-state index in [1.54, 1.807) is 36.4 Å². The maximum absolute atomic E-state index is 11.7. The van der Waals surface area contributed by atoms with Crippen LogP contribution in [0.3, 0.4) is 0 Å². The SMILES string of the molecule is CCCC(=O)c1ccc(OCc2ccc([N+](=O)[O-])cc2)cc1. The molecule has 0 aliphatic carbocycles. The van der Waals surface area contributed by atoms with Crippen LogP contribution in [0.2, 0.25) is 0 Å². The first kappa shape index (κ1) is 15.7. The van der Waals surface area contributed by atoms with Crippen LogP contribution >= 0.6 is 0 Å². The van der Waals surface area contributed by atoms with Crippen LogP contribution in [0, 0.1) is 10.1 Å². The zero-order valence-corrected chi connectivity index (χ0v) is 12.3. The van der Waals surface area contributed by atoms with Gasteiger partial charge in [0, 0.05) is 24.1 Å². The van der Waals surface area contributed by atoms with Crippen LogP contribution in [-0.2, 0) is 6.61 Å². The minimum Gasteiger partial charge on any atom is -0.489 e. The Morgan fingerprint density at radius 1 is 1.09 bits per heavy atom. The number of carbonyl (C=O) groups is 1. The molecule has 5 heteroatoms. The number of nitrogens with zero attached hydrogens (tertiary/aromatic N) is 1. The molecule has 0 N–H and O–H groups in total. The summed E-state index contributed by atoms with van der Waals surface area (Å²) in [7, 11) is 0. The van der Waals surface area contributed by atoms with E-state index in [9.17, 15) is 14.9 Å². The highest BCUT2D eigenvalue weighted by Crippen LogP contribution is 2.17. The van der Waals surface area contributed by atoms with Crippen molar-refractivity contribution in [1.82, 2.24) is 0 Å². The molecular formula is C17H17NO4. The lowest BCUT2D eigenvalue weighted by Gasteiger charge is -2.07. The third-order valence-electron chi connectivity index (χ3n) is 3.21. The standard InChI is InChI=1S/C17H17NO4/c1-2-3-17(19)14-6-10-16(11-7-14)22-12-13-4-8-15(9-5-13)18(20)21/h4-11H,2-3,12H2,1H3. The predicted octanol–water partition coefficient (Wildman–Crippen LogP) is 4.16. The number of rotatable bonds is 7. The first-order chi connectivity index (χ1) is 10.6. The third kappa shape index (κ3) is 4.15. The second kappa shape index (κ2) is 7.36. The topological polar surface area (TPSA) is 69.4 Å². The molecule has 0 amide bonds. The highest BCUT2D eigenvalue weighted by atomic mass is 16.6. The summed E-state index contributed by atoms with van der Waals surface area (Å²) < 4.78 is 5.61. The number of non-ortho nitro benzene ring substituents is 1. The molecule has 2 aromatic rings. The van der Waals surface area contributed by atoms with Gasteiger partial charge in [0.1, 0.15) is 12.4 Å². The molecule has 0 saturated heterocycles. The highest BCUT2D eigenvalue weighted by molar-refractivity contribution is 5.96. The Kier molecular flexibility index (Phi) is 5.25. The van der Waals surface area contributed by atoms with E-state index in [0.29, 0.717) is 24.3 Å². The van der Waals surface area contributed by atoms with Crippen LogP contribution in [0.15, 0.2) is 48.5 Å². The molecule has 0 aliphatic rings. The Labute approximate surface area is 128 Å². The van der Waals surface area contributed by atoms with Crippen LogP contribution in [0.5, 0.6) is 5.75 Å². The van der Waals surface area contributed by atoms with Crippen molar-refractivity contribution >= 4 is 11.5 Å². The number of carbonyl (C=O) groups excluding carboxylic acids is 1. The summed E-state index contributed by atoms with van der Waals surface area (Å²) in [5.41, 5.74) is 1.59. The number of hydrogen-bond acceptors (Lipinski definition) is 4. The van der Waals surface area contributed by atoms with Gasteiger partial charge < -0.3 is 4.74 Å². The van der Waals surface area contributed by atoms with Crippen molar-refractivity contribution in [2.75, 3.05) is 0 Å². The fraction of sp³-hybridized carbons (Fsp3) is 0.235. The molecule has 0 unspecified atom stereocenters. The number of Topliss-reactive ketones (excluding diaryl/α,β-unsaturated/α-hetero) is 1. The lowest BCUT2D eigenvalue weighted by Crippen LogP contribution is -1.99. The van der Waals surface area contributed by atoms with Crippen molar-refractivity contribution in [3.05, 3.63) is 69.8 Å². The molecule has 22 heavy (non-hydrogen) atoms. The highest BCUT2D eigenvalue weighted by Gasteiger charge is 2.06. The van der Waals surface area contributed by atoms with Crippen LogP contribution < -0.4 is 4.74 Å². The fourth-order valence-electron chi connectivity index (χ4n) is 1.99. The maximum Gasteiger partial charge on any atom is 0.269 e. The Hall–Kier alpha value is -2.69. The molecule has 2 aromatic carbocycles. The van der Waals surface area contributed by atoms with Crippen molar-refractivity contribution in [1.29, 1.82) is 0 Å². The van der Waals surface area contributed by atoms with Gasteiger partial charge in [-0.25, -0.2) is 0 Å². The smallest absolute Gasteiger partial charge is 0.269 e. The van der Waals surface area contributed by atoms with E-state index < -0.39 is 4.92 Å². The quantitative estimate of drug-likeness (QED) is 0.437. The first-order valence-corrected chi connectivity index (χ1v) is 7.09. The van der Waals surface area contributed by atoms with Gasteiger partial charge in [-0.15, -0.1) is 0 Å². The molecule has 0 bridgehead atoms. The van der Waals surface area contributed by atoms with Gasteiger partial charge in [0.15, 0.2) is 5.78 Å². The van der Waals surface area contributed by atoms with Crippen molar-refractivity contribution in [2.45, 2.75) is 26.4 Å². The van der Waals surface area contributed by atoms with E-state index in [2.05, 4.69) is 0 Å². The molecule has 0 atom stereocenters. The molecule has 5 nitrogen and oxygen atoms in total. The maximum atomic E-state index is 11.7. The summed E-state index contributed by atoms with van der Waals surface area (Å²) in [5.74, 6) is 0.788. The normalized spacial score (nSPS) is 10.2. The van der Waals surface area contributed by atoms with Crippen LogP contribution in [0.25, 0.3) is 0 Å². The average molecular weight is 299 g/mol. The lowest BCUT2D eigenvalue weighted by atomic mass is 10.1. The summed E-state index contributed by atoms with van der Waals surface area (Å²) in [6, 6.07) is 13.2. The number of nitro benzene ring substituents is 1. The molecule has 0 fully saturated rings. The molecule has 0 saturated carbocycles. The fourth-order valence-corrected chi connectivity index (χ4v) is 1.99. The van der Waals surface area contributed by atoms with E-state index >= 15 is 0 Å². The number of benzene rings is 2. The second-order valence-electron chi connectivity index (χ2n) is 4.91. The summed E-state index contributed by atoms with van der Waals surface area (Å²) in [4.78, 5) is 21.9. The summed E-state index contributed by atoms with van der Waals surface area (Å²) in [5, 5.41) is 10.6. The first-order valence-electron chi connectivity index (χ1n) is 7.09. The van der Waals surface area contributed by atoms with Crippen LogP contribution in [0.1, 0.15) is 35.7 Å². The third-order valence-corrected chi connectivity index (χ3v) is 3.21. The summed E-state index contributed by atoms with van der Waals surface area (Å²) >= 11 is 0. The van der Waals surface area contributed by atoms with Crippen molar-refractivity contribution in [2.24, 2.45) is 0 Å². The molecule has 0 aromatic heterocycles. The van der Waals surface area contributed by atoms with E-state index in [1.807, 2.05) is 6.92 Å². The Morgan fingerprint density at radius 2 is 1.73 bits per heavy atom. The molecular weight excluding hydrogens is 282 g/mol. The van der Waals surface area contributed by atoms with Crippen molar-refractivity contribution in [3.63, 3.8) is 0 Å². The van der Waals surface area contributed by atoms with Crippen LogP contribution in [0.4, 0.5) is 5.69 Å². The average Bonchev–Trinajstić information content (AvgIpc) is 2.54. The molecule has 2 rings (SSSR count). The molecule has 0 radical (unpaired) electrons. The van der Waals surface area contributed by atoms with Gasteiger partial charge in [0.2, 0.25) is 0 Å². The van der Waals surface area contributed by atoms with Gasteiger partial charge in [-0.2, -0.15) is 0 Å². The molecule has 0 spiro atoms. The van der Waals surface area contributed by atoms with Gasteiger partial charge in [-0.05, 0) is 48.4 Å². The zero-order chi connectivity index (χ0) is 15.9. The lowest BCUT2D eigenvalue weighted by molar-refractivity contribution is -0.384. The minimum absolute atomic E-state index is 0.0579.